The first-order chi connectivity index (χ1) is 8.41. The van der Waals surface area contributed by atoms with Gasteiger partial charge in [0, 0.05) is 0 Å². The quantitative estimate of drug-likeness (QED) is 0.784. The van der Waals surface area contributed by atoms with E-state index in [2.05, 4.69) is 0 Å². The van der Waals surface area contributed by atoms with Crippen LogP contribution in [0.25, 0.3) is 0 Å². The van der Waals surface area contributed by atoms with Gasteiger partial charge in [-0.05, 0) is 55.0 Å². The van der Waals surface area contributed by atoms with Crippen molar-refractivity contribution in [3.05, 3.63) is 59.7 Å². The van der Waals surface area contributed by atoms with Gasteiger partial charge in [-0.3, -0.25) is 0 Å². The average molecular weight is 268 g/mol. The zero-order valence-corrected chi connectivity index (χ0v) is 10.3. The van der Waals surface area contributed by atoms with E-state index < -0.39 is 21.5 Å². The van der Waals surface area contributed by atoms with Crippen LogP contribution in [0.3, 0.4) is 0 Å². The molecule has 18 heavy (non-hydrogen) atoms. The van der Waals surface area contributed by atoms with Crippen LogP contribution in [-0.4, -0.2) is 8.42 Å². The second-order valence-electron chi connectivity index (χ2n) is 3.87. The molecule has 2 aromatic rings. The zero-order chi connectivity index (χ0) is 13.3. The van der Waals surface area contributed by atoms with Gasteiger partial charge in [-0.15, -0.1) is 0 Å². The van der Waals surface area contributed by atoms with Crippen LogP contribution in [0, 0.1) is 18.6 Å². The fraction of sp³-hybridized carbons (Fsp3) is 0.0769. The van der Waals surface area contributed by atoms with E-state index in [0.29, 0.717) is 5.56 Å². The van der Waals surface area contributed by atoms with Gasteiger partial charge in [-0.2, -0.15) is 0 Å². The summed E-state index contributed by atoms with van der Waals surface area (Å²) in [6.45, 7) is 1.51. The van der Waals surface area contributed by atoms with E-state index in [4.69, 9.17) is 0 Å². The monoisotopic (exact) mass is 268 g/mol. The molecule has 0 saturated heterocycles. The molecule has 0 atom stereocenters. The number of sulfone groups is 1. The lowest BCUT2D eigenvalue weighted by Gasteiger charge is -2.07. The van der Waals surface area contributed by atoms with Gasteiger partial charge in [0.05, 0.1) is 9.79 Å². The topological polar surface area (TPSA) is 34.1 Å². The molecule has 2 rings (SSSR count). The fourth-order valence-corrected chi connectivity index (χ4v) is 3.13. The lowest BCUT2D eigenvalue weighted by molar-refractivity contribution is 0.592. The van der Waals surface area contributed by atoms with Crippen LogP contribution in [0.4, 0.5) is 8.78 Å². The molecule has 0 unspecified atom stereocenters. The summed E-state index contributed by atoms with van der Waals surface area (Å²) in [4.78, 5) is 0.00844. The summed E-state index contributed by atoms with van der Waals surface area (Å²) in [6.07, 6.45) is 0. The first kappa shape index (κ1) is 12.7. The second kappa shape index (κ2) is 4.49. The second-order valence-corrected chi connectivity index (χ2v) is 5.79. The van der Waals surface area contributed by atoms with Crippen molar-refractivity contribution in [2.24, 2.45) is 0 Å². The maximum Gasteiger partial charge on any atom is 0.206 e. The first-order valence-electron chi connectivity index (χ1n) is 5.18. The number of benzene rings is 2. The van der Waals surface area contributed by atoms with Crippen LogP contribution >= 0.6 is 0 Å². The van der Waals surface area contributed by atoms with Crippen LogP contribution in [0.1, 0.15) is 5.56 Å². The van der Waals surface area contributed by atoms with Gasteiger partial charge in [0.25, 0.3) is 0 Å². The van der Waals surface area contributed by atoms with E-state index in [0.717, 1.165) is 24.3 Å². The highest BCUT2D eigenvalue weighted by molar-refractivity contribution is 7.91. The van der Waals surface area contributed by atoms with Crippen molar-refractivity contribution in [2.45, 2.75) is 16.7 Å². The molecule has 2 nitrogen and oxygen atoms in total. The number of halogens is 2. The highest BCUT2D eigenvalue weighted by Gasteiger charge is 2.19. The van der Waals surface area contributed by atoms with Gasteiger partial charge >= 0.3 is 0 Å². The summed E-state index contributed by atoms with van der Waals surface area (Å²) < 4.78 is 50.2. The highest BCUT2D eigenvalue weighted by atomic mass is 32.2. The van der Waals surface area contributed by atoms with Crippen molar-refractivity contribution in [1.82, 2.24) is 0 Å². The third kappa shape index (κ3) is 2.26. The molecule has 0 fully saturated rings. The SMILES string of the molecule is Cc1cc(F)ccc1S(=O)(=O)c1ccc(F)cc1. The number of hydrogen-bond acceptors (Lipinski definition) is 2. The minimum Gasteiger partial charge on any atom is -0.219 e. The van der Waals surface area contributed by atoms with E-state index in [9.17, 15) is 17.2 Å². The molecule has 0 N–H and O–H groups in total. The molecular formula is C13H10F2O2S. The van der Waals surface area contributed by atoms with E-state index in [1.807, 2.05) is 0 Å². The van der Waals surface area contributed by atoms with Crippen molar-refractivity contribution >= 4 is 9.84 Å². The molecule has 0 amide bonds. The Morgan fingerprint density at radius 2 is 1.44 bits per heavy atom. The largest absolute Gasteiger partial charge is 0.219 e. The fourth-order valence-electron chi connectivity index (χ4n) is 1.66. The van der Waals surface area contributed by atoms with Crippen molar-refractivity contribution in [3.63, 3.8) is 0 Å². The van der Waals surface area contributed by atoms with Gasteiger partial charge in [-0.1, -0.05) is 0 Å². The third-order valence-electron chi connectivity index (χ3n) is 2.55. The molecule has 0 spiro atoms. The third-order valence-corrected chi connectivity index (χ3v) is 4.48. The summed E-state index contributed by atoms with van der Waals surface area (Å²) in [6, 6.07) is 7.97. The van der Waals surface area contributed by atoms with Crippen LogP contribution in [0.5, 0.6) is 0 Å². The molecular weight excluding hydrogens is 258 g/mol. The van der Waals surface area contributed by atoms with Gasteiger partial charge in [0.15, 0.2) is 0 Å². The summed E-state index contributed by atoms with van der Waals surface area (Å²) in [5.41, 5.74) is 0.319. The van der Waals surface area contributed by atoms with Crippen molar-refractivity contribution in [2.75, 3.05) is 0 Å². The van der Waals surface area contributed by atoms with E-state index in [-0.39, 0.29) is 9.79 Å². The van der Waals surface area contributed by atoms with Crippen LogP contribution in [0.2, 0.25) is 0 Å². The first-order valence-corrected chi connectivity index (χ1v) is 6.66. The molecule has 0 bridgehead atoms. The number of aryl methyl sites for hydroxylation is 1. The smallest absolute Gasteiger partial charge is 0.206 e. The van der Waals surface area contributed by atoms with E-state index in [1.54, 1.807) is 0 Å². The molecule has 0 aliphatic carbocycles. The average Bonchev–Trinajstić information content (AvgIpc) is 2.29. The van der Waals surface area contributed by atoms with Gasteiger partial charge in [0.2, 0.25) is 9.84 Å². The van der Waals surface area contributed by atoms with Crippen molar-refractivity contribution in [1.29, 1.82) is 0 Å². The molecule has 5 heteroatoms. The summed E-state index contributed by atoms with van der Waals surface area (Å²) in [5.74, 6) is -1.00. The standard InChI is InChI=1S/C13H10F2O2S/c1-9-8-11(15)4-7-13(9)18(16,17)12-5-2-10(14)3-6-12/h2-8H,1H3. The van der Waals surface area contributed by atoms with E-state index in [1.165, 1.54) is 25.1 Å². The molecule has 0 aliphatic rings. The number of hydrogen-bond donors (Lipinski definition) is 0. The summed E-state index contributed by atoms with van der Waals surface area (Å²) >= 11 is 0. The van der Waals surface area contributed by atoms with E-state index >= 15 is 0 Å². The Morgan fingerprint density at radius 1 is 0.889 bits per heavy atom. The Hall–Kier alpha value is -1.75. The lowest BCUT2D eigenvalue weighted by atomic mass is 10.2. The summed E-state index contributed by atoms with van der Waals surface area (Å²) in [5, 5.41) is 0. The normalized spacial score (nSPS) is 11.5. The minimum absolute atomic E-state index is 0.0152. The molecule has 94 valence electrons. The number of rotatable bonds is 2. The molecule has 0 aliphatic heterocycles. The van der Waals surface area contributed by atoms with Crippen molar-refractivity contribution in [3.8, 4) is 0 Å². The molecule has 0 heterocycles. The molecule has 0 saturated carbocycles. The Bertz CT molecular complexity index is 677. The molecule has 0 radical (unpaired) electrons. The van der Waals surface area contributed by atoms with Crippen LogP contribution in [-0.2, 0) is 9.84 Å². The highest BCUT2D eigenvalue weighted by Crippen LogP contribution is 2.24. The van der Waals surface area contributed by atoms with Gasteiger partial charge in [-0.25, -0.2) is 17.2 Å². The van der Waals surface area contributed by atoms with Gasteiger partial charge < -0.3 is 0 Å². The molecule has 2 aromatic carbocycles. The minimum atomic E-state index is -3.74. The Balaban J connectivity index is 2.58. The lowest BCUT2D eigenvalue weighted by Crippen LogP contribution is -2.04. The Kier molecular flexibility index (Phi) is 3.17. The predicted molar refractivity (Wildman–Crippen MR) is 63.0 cm³/mol. The van der Waals surface area contributed by atoms with Crippen LogP contribution < -0.4 is 0 Å². The van der Waals surface area contributed by atoms with Crippen molar-refractivity contribution < 1.29 is 17.2 Å². The predicted octanol–water partition coefficient (Wildman–Crippen LogP) is 3.11. The maximum atomic E-state index is 12.9. The molecule has 0 aromatic heterocycles. The Labute approximate surface area is 104 Å². The Morgan fingerprint density at radius 3 is 2.00 bits per heavy atom. The zero-order valence-electron chi connectivity index (χ0n) is 9.52. The van der Waals surface area contributed by atoms with Crippen LogP contribution in [0.15, 0.2) is 52.3 Å². The maximum absolute atomic E-state index is 12.9. The van der Waals surface area contributed by atoms with Gasteiger partial charge in [0.1, 0.15) is 11.6 Å². The summed E-state index contributed by atoms with van der Waals surface area (Å²) in [7, 11) is -3.74.